The minimum atomic E-state index is -0.340. The van der Waals surface area contributed by atoms with Gasteiger partial charge in [0.05, 0.1) is 0 Å². The fraction of sp³-hybridized carbons (Fsp3) is 0.0625. The number of benzene rings is 2. The average molecular weight is 452 g/mol. The molecule has 0 aliphatic heterocycles. The van der Waals surface area contributed by atoms with Crippen molar-refractivity contribution >= 4 is 43.7 Å². The molecule has 0 saturated carbocycles. The van der Waals surface area contributed by atoms with Gasteiger partial charge in [0.25, 0.3) is 5.91 Å². The van der Waals surface area contributed by atoms with E-state index in [1.165, 1.54) is 0 Å². The van der Waals surface area contributed by atoms with Crippen LogP contribution in [0, 0.1) is 0 Å². The third-order valence-electron chi connectivity index (χ3n) is 3.03. The van der Waals surface area contributed by atoms with Crippen molar-refractivity contribution in [1.29, 1.82) is 0 Å². The Labute approximate surface area is 154 Å². The van der Waals surface area contributed by atoms with Crippen LogP contribution in [0.3, 0.4) is 0 Å². The fourth-order valence-electron chi connectivity index (χ4n) is 1.96. The molecule has 3 aromatic rings. The molecule has 0 bridgehead atoms. The second-order valence-corrected chi connectivity index (χ2v) is 6.55. The van der Waals surface area contributed by atoms with Crippen molar-refractivity contribution in [2.45, 2.75) is 0 Å². The molecule has 0 aliphatic carbocycles. The first-order chi connectivity index (χ1) is 11.6. The Kier molecular flexibility index (Phi) is 5.27. The van der Waals surface area contributed by atoms with E-state index in [-0.39, 0.29) is 18.5 Å². The quantitative estimate of drug-likeness (QED) is 0.614. The zero-order valence-corrected chi connectivity index (χ0v) is 15.5. The molecular formula is C16H12Br2N4O2. The normalized spacial score (nSPS) is 10.4. The minimum absolute atomic E-state index is 0.130. The molecule has 8 heteroatoms. The van der Waals surface area contributed by atoms with Gasteiger partial charge in [-0.05, 0) is 24.3 Å². The summed E-state index contributed by atoms with van der Waals surface area (Å²) in [6.45, 7) is -0.130. The standard InChI is InChI=1S/C16H12Br2N4O2/c17-10-4-3-5-11(8-10)24-9-14(23)19-16-20-15(21-22-16)12-6-1-2-7-13(12)18/h1-8H,9H2,(H2,19,20,21,22,23). The number of halogens is 2. The van der Waals surface area contributed by atoms with Crippen LogP contribution in [-0.4, -0.2) is 27.7 Å². The number of carbonyl (C=O) groups is 1. The van der Waals surface area contributed by atoms with Crippen molar-refractivity contribution in [2.75, 3.05) is 11.9 Å². The molecule has 122 valence electrons. The zero-order valence-electron chi connectivity index (χ0n) is 12.3. The molecule has 0 saturated heterocycles. The van der Waals surface area contributed by atoms with Gasteiger partial charge >= 0.3 is 0 Å². The summed E-state index contributed by atoms with van der Waals surface area (Å²) in [5, 5.41) is 9.38. The molecule has 0 spiro atoms. The van der Waals surface area contributed by atoms with Gasteiger partial charge in [-0.15, -0.1) is 5.10 Å². The third-order valence-corrected chi connectivity index (χ3v) is 4.22. The van der Waals surface area contributed by atoms with E-state index < -0.39 is 0 Å². The molecule has 0 fully saturated rings. The maximum Gasteiger partial charge on any atom is 0.264 e. The predicted molar refractivity (Wildman–Crippen MR) is 97.8 cm³/mol. The van der Waals surface area contributed by atoms with Gasteiger partial charge in [0, 0.05) is 14.5 Å². The molecule has 2 N–H and O–H groups in total. The Morgan fingerprint density at radius 1 is 1.17 bits per heavy atom. The topological polar surface area (TPSA) is 79.9 Å². The molecule has 0 aliphatic rings. The highest BCUT2D eigenvalue weighted by Crippen LogP contribution is 2.25. The van der Waals surface area contributed by atoms with Crippen LogP contribution < -0.4 is 10.1 Å². The molecular weight excluding hydrogens is 440 g/mol. The summed E-state index contributed by atoms with van der Waals surface area (Å²) in [7, 11) is 0. The lowest BCUT2D eigenvalue weighted by molar-refractivity contribution is -0.118. The third kappa shape index (κ3) is 4.21. The van der Waals surface area contributed by atoms with Crippen LogP contribution >= 0.6 is 31.9 Å². The van der Waals surface area contributed by atoms with Crippen LogP contribution in [0.2, 0.25) is 0 Å². The fourth-order valence-corrected chi connectivity index (χ4v) is 2.81. The summed E-state index contributed by atoms with van der Waals surface area (Å²) in [5.41, 5.74) is 0.857. The molecule has 0 unspecified atom stereocenters. The summed E-state index contributed by atoms with van der Waals surface area (Å²) in [5.74, 6) is 1.02. The Balaban J connectivity index is 1.60. The maximum atomic E-state index is 11.9. The van der Waals surface area contributed by atoms with Crippen molar-refractivity contribution in [2.24, 2.45) is 0 Å². The van der Waals surface area contributed by atoms with Crippen molar-refractivity contribution in [3.05, 3.63) is 57.5 Å². The first kappa shape index (κ1) is 16.7. The predicted octanol–water partition coefficient (Wildman–Crippen LogP) is 4.01. The first-order valence-electron chi connectivity index (χ1n) is 6.97. The van der Waals surface area contributed by atoms with E-state index >= 15 is 0 Å². The highest BCUT2D eigenvalue weighted by molar-refractivity contribution is 9.10. The van der Waals surface area contributed by atoms with Crippen LogP contribution in [0.1, 0.15) is 0 Å². The number of carbonyl (C=O) groups excluding carboxylic acids is 1. The lowest BCUT2D eigenvalue weighted by atomic mass is 10.2. The number of anilines is 1. The van der Waals surface area contributed by atoms with Crippen LogP contribution in [-0.2, 0) is 4.79 Å². The SMILES string of the molecule is O=C(COc1cccc(Br)c1)Nc1n[nH]c(-c2ccccc2Br)n1. The molecule has 24 heavy (non-hydrogen) atoms. The summed E-state index contributed by atoms with van der Waals surface area (Å²) >= 11 is 6.80. The molecule has 1 aromatic heterocycles. The van der Waals surface area contributed by atoms with Crippen LogP contribution in [0.5, 0.6) is 5.75 Å². The number of rotatable bonds is 5. The number of hydrogen-bond acceptors (Lipinski definition) is 4. The van der Waals surface area contributed by atoms with Gasteiger partial charge in [-0.25, -0.2) is 0 Å². The monoisotopic (exact) mass is 450 g/mol. The average Bonchev–Trinajstić information content (AvgIpc) is 3.02. The lowest BCUT2D eigenvalue weighted by Crippen LogP contribution is -2.20. The first-order valence-corrected chi connectivity index (χ1v) is 8.56. The molecule has 2 aromatic carbocycles. The van der Waals surface area contributed by atoms with E-state index in [1.807, 2.05) is 36.4 Å². The zero-order chi connectivity index (χ0) is 16.9. The number of ether oxygens (including phenoxy) is 1. The Morgan fingerprint density at radius 3 is 2.79 bits per heavy atom. The largest absolute Gasteiger partial charge is 0.484 e. The van der Waals surface area contributed by atoms with Gasteiger partial charge in [0.15, 0.2) is 12.4 Å². The Bertz CT molecular complexity index is 867. The van der Waals surface area contributed by atoms with Gasteiger partial charge in [-0.1, -0.05) is 56.1 Å². The number of hydrogen-bond donors (Lipinski definition) is 2. The second-order valence-electron chi connectivity index (χ2n) is 4.78. The number of nitrogens with zero attached hydrogens (tertiary/aromatic N) is 2. The molecule has 1 heterocycles. The lowest BCUT2D eigenvalue weighted by Gasteiger charge is -2.05. The molecule has 0 atom stereocenters. The number of aromatic amines is 1. The molecule has 6 nitrogen and oxygen atoms in total. The van der Waals surface area contributed by atoms with E-state index in [1.54, 1.807) is 12.1 Å². The number of H-pyrrole nitrogens is 1. The van der Waals surface area contributed by atoms with Crippen molar-refractivity contribution < 1.29 is 9.53 Å². The van der Waals surface area contributed by atoms with Crippen molar-refractivity contribution in [1.82, 2.24) is 15.2 Å². The maximum absolute atomic E-state index is 11.9. The van der Waals surface area contributed by atoms with Crippen LogP contribution in [0.4, 0.5) is 5.95 Å². The number of amides is 1. The summed E-state index contributed by atoms with van der Waals surface area (Å²) < 4.78 is 7.18. The van der Waals surface area contributed by atoms with Crippen molar-refractivity contribution in [3.8, 4) is 17.1 Å². The van der Waals surface area contributed by atoms with E-state index in [4.69, 9.17) is 4.74 Å². The smallest absolute Gasteiger partial charge is 0.264 e. The van der Waals surface area contributed by atoms with Gasteiger partial charge in [0.2, 0.25) is 5.95 Å². The van der Waals surface area contributed by atoms with Crippen molar-refractivity contribution in [3.63, 3.8) is 0 Å². The molecule has 0 radical (unpaired) electrons. The van der Waals surface area contributed by atoms with Gasteiger partial charge in [-0.3, -0.25) is 15.2 Å². The second kappa shape index (κ2) is 7.59. The Morgan fingerprint density at radius 2 is 2.00 bits per heavy atom. The van der Waals surface area contributed by atoms with Crippen LogP contribution in [0.15, 0.2) is 57.5 Å². The number of nitrogens with one attached hydrogen (secondary N) is 2. The Hall–Kier alpha value is -2.19. The minimum Gasteiger partial charge on any atom is -0.484 e. The van der Waals surface area contributed by atoms with Gasteiger partial charge < -0.3 is 4.74 Å². The number of aromatic nitrogens is 3. The van der Waals surface area contributed by atoms with E-state index in [0.717, 1.165) is 14.5 Å². The molecule has 3 rings (SSSR count). The summed E-state index contributed by atoms with van der Waals surface area (Å²) in [6, 6.07) is 14.9. The van der Waals surface area contributed by atoms with Gasteiger partial charge in [-0.2, -0.15) is 4.98 Å². The summed E-state index contributed by atoms with van der Waals surface area (Å²) in [4.78, 5) is 16.2. The van der Waals surface area contributed by atoms with E-state index in [9.17, 15) is 4.79 Å². The van der Waals surface area contributed by atoms with Crippen LogP contribution in [0.25, 0.3) is 11.4 Å². The van der Waals surface area contributed by atoms with E-state index in [2.05, 4.69) is 52.4 Å². The van der Waals surface area contributed by atoms with Gasteiger partial charge in [0.1, 0.15) is 5.75 Å². The molecule has 1 amide bonds. The highest BCUT2D eigenvalue weighted by Gasteiger charge is 2.11. The van der Waals surface area contributed by atoms with E-state index in [0.29, 0.717) is 11.6 Å². The highest BCUT2D eigenvalue weighted by atomic mass is 79.9. The summed E-state index contributed by atoms with van der Waals surface area (Å²) in [6.07, 6.45) is 0.